The van der Waals surface area contributed by atoms with Crippen LogP contribution in [0.2, 0.25) is 0 Å². The number of hydrogen-bond acceptors (Lipinski definition) is 3. The zero-order valence-corrected chi connectivity index (χ0v) is 14.9. The molecule has 1 aromatic carbocycles. The van der Waals surface area contributed by atoms with Gasteiger partial charge in [-0.25, -0.2) is 4.98 Å². The van der Waals surface area contributed by atoms with Crippen LogP contribution in [0.25, 0.3) is 0 Å². The van der Waals surface area contributed by atoms with Gasteiger partial charge in [-0.1, -0.05) is 39.0 Å². The van der Waals surface area contributed by atoms with Crippen molar-refractivity contribution in [2.75, 3.05) is 11.9 Å². The van der Waals surface area contributed by atoms with Crippen LogP contribution in [-0.2, 0) is 10.2 Å². The van der Waals surface area contributed by atoms with Gasteiger partial charge in [-0.15, -0.1) is 0 Å². The molecule has 0 saturated heterocycles. The van der Waals surface area contributed by atoms with E-state index in [2.05, 4.69) is 43.2 Å². The fraction of sp³-hybridized carbons (Fsp3) is 0.400. The van der Waals surface area contributed by atoms with E-state index >= 15 is 0 Å². The van der Waals surface area contributed by atoms with Gasteiger partial charge >= 0.3 is 0 Å². The highest BCUT2D eigenvalue weighted by atomic mass is 16.5. The van der Waals surface area contributed by atoms with E-state index in [0.717, 1.165) is 11.3 Å². The van der Waals surface area contributed by atoms with Crippen molar-refractivity contribution >= 4 is 11.7 Å². The Hall–Kier alpha value is -2.36. The molecule has 1 amide bonds. The van der Waals surface area contributed by atoms with E-state index in [1.165, 1.54) is 5.56 Å². The third-order valence-corrected chi connectivity index (χ3v) is 3.80. The Labute approximate surface area is 144 Å². The first kappa shape index (κ1) is 18.0. The lowest BCUT2D eigenvalue weighted by Gasteiger charge is -2.19. The Morgan fingerprint density at radius 2 is 1.88 bits per heavy atom. The minimum Gasteiger partial charge on any atom is -0.494 e. The lowest BCUT2D eigenvalue weighted by Crippen LogP contribution is -2.14. The summed E-state index contributed by atoms with van der Waals surface area (Å²) in [6.45, 7) is 9.00. The average Bonchev–Trinajstić information content (AvgIpc) is 2.53. The maximum atomic E-state index is 11.9. The van der Waals surface area contributed by atoms with Crippen LogP contribution in [0.3, 0.4) is 0 Å². The maximum absolute atomic E-state index is 11.9. The molecule has 0 saturated carbocycles. The van der Waals surface area contributed by atoms with Gasteiger partial charge in [0.2, 0.25) is 5.91 Å². The molecule has 4 nitrogen and oxygen atoms in total. The summed E-state index contributed by atoms with van der Waals surface area (Å²) in [6.07, 6.45) is 2.75. The second kappa shape index (κ2) is 7.95. The van der Waals surface area contributed by atoms with Crippen LogP contribution in [0.4, 0.5) is 5.82 Å². The van der Waals surface area contributed by atoms with E-state index in [9.17, 15) is 4.79 Å². The first-order valence-corrected chi connectivity index (χ1v) is 8.31. The number of nitrogens with one attached hydrogen (secondary N) is 1. The molecule has 1 N–H and O–H groups in total. The number of hydrogen-bond donors (Lipinski definition) is 1. The van der Waals surface area contributed by atoms with Crippen LogP contribution in [0, 0.1) is 6.92 Å². The van der Waals surface area contributed by atoms with E-state index in [-0.39, 0.29) is 11.3 Å². The quantitative estimate of drug-likeness (QED) is 0.796. The van der Waals surface area contributed by atoms with Crippen molar-refractivity contribution in [3.05, 3.63) is 53.7 Å². The zero-order chi connectivity index (χ0) is 17.6. The first-order chi connectivity index (χ1) is 11.4. The molecule has 2 rings (SSSR count). The molecule has 1 aromatic heterocycles. The third-order valence-electron chi connectivity index (χ3n) is 3.80. The molecule has 0 unspecified atom stereocenters. The Morgan fingerprint density at radius 1 is 1.17 bits per heavy atom. The van der Waals surface area contributed by atoms with Gasteiger partial charge in [0.1, 0.15) is 11.6 Å². The molecule has 2 aromatic rings. The van der Waals surface area contributed by atoms with Gasteiger partial charge in [-0.3, -0.25) is 4.79 Å². The van der Waals surface area contributed by atoms with Gasteiger partial charge in [0, 0.05) is 12.6 Å². The molecule has 4 heteroatoms. The van der Waals surface area contributed by atoms with E-state index in [1.807, 2.05) is 31.2 Å². The molecule has 0 bridgehead atoms. The van der Waals surface area contributed by atoms with Gasteiger partial charge in [0.15, 0.2) is 0 Å². The molecule has 128 valence electrons. The summed E-state index contributed by atoms with van der Waals surface area (Å²) in [6, 6.07) is 11.9. The van der Waals surface area contributed by atoms with E-state index in [0.29, 0.717) is 25.3 Å². The van der Waals surface area contributed by atoms with Crippen LogP contribution in [0.5, 0.6) is 5.75 Å². The number of pyridine rings is 1. The Kier molecular flexibility index (Phi) is 5.96. The predicted octanol–water partition coefficient (Wildman–Crippen LogP) is 4.49. The van der Waals surface area contributed by atoms with Crippen molar-refractivity contribution in [3.8, 4) is 5.75 Å². The number of anilines is 1. The summed E-state index contributed by atoms with van der Waals surface area (Å²) < 4.78 is 5.70. The monoisotopic (exact) mass is 326 g/mol. The fourth-order valence-electron chi connectivity index (χ4n) is 2.29. The molecule has 0 fully saturated rings. The Morgan fingerprint density at radius 3 is 2.50 bits per heavy atom. The smallest absolute Gasteiger partial charge is 0.225 e. The number of aryl methyl sites for hydroxylation is 1. The fourth-order valence-corrected chi connectivity index (χ4v) is 2.29. The zero-order valence-electron chi connectivity index (χ0n) is 14.9. The van der Waals surface area contributed by atoms with E-state index < -0.39 is 0 Å². The van der Waals surface area contributed by atoms with Crippen molar-refractivity contribution < 1.29 is 9.53 Å². The summed E-state index contributed by atoms with van der Waals surface area (Å²) >= 11 is 0. The van der Waals surface area contributed by atoms with Crippen LogP contribution >= 0.6 is 0 Å². The molecule has 0 aliphatic rings. The molecule has 0 atom stereocenters. The number of aromatic nitrogens is 1. The predicted molar refractivity (Wildman–Crippen MR) is 97.5 cm³/mol. The summed E-state index contributed by atoms with van der Waals surface area (Å²) in [5.41, 5.74) is 2.38. The summed E-state index contributed by atoms with van der Waals surface area (Å²) in [7, 11) is 0. The lowest BCUT2D eigenvalue weighted by molar-refractivity contribution is -0.116. The topological polar surface area (TPSA) is 51.2 Å². The number of carbonyl (C=O) groups is 1. The molecule has 0 radical (unpaired) electrons. The van der Waals surface area contributed by atoms with Gasteiger partial charge in [-0.05, 0) is 48.1 Å². The molecular formula is C20H26N2O2. The molecule has 1 heterocycles. The second-order valence-corrected chi connectivity index (χ2v) is 6.94. The highest BCUT2D eigenvalue weighted by molar-refractivity contribution is 5.90. The van der Waals surface area contributed by atoms with Gasteiger partial charge < -0.3 is 10.1 Å². The van der Waals surface area contributed by atoms with Crippen LogP contribution in [0.1, 0.15) is 44.7 Å². The number of nitrogens with zero attached hydrogens (tertiary/aromatic N) is 1. The Balaban J connectivity index is 1.73. The van der Waals surface area contributed by atoms with Crippen molar-refractivity contribution in [1.29, 1.82) is 0 Å². The summed E-state index contributed by atoms with van der Waals surface area (Å²) in [5, 5.41) is 2.83. The minimum absolute atomic E-state index is 0.0384. The lowest BCUT2D eigenvalue weighted by atomic mass is 9.87. The van der Waals surface area contributed by atoms with Crippen LogP contribution in [0.15, 0.2) is 42.6 Å². The highest BCUT2D eigenvalue weighted by Gasteiger charge is 2.13. The molecule has 24 heavy (non-hydrogen) atoms. The normalized spacial score (nSPS) is 11.2. The van der Waals surface area contributed by atoms with Crippen LogP contribution < -0.4 is 10.1 Å². The highest BCUT2D eigenvalue weighted by Crippen LogP contribution is 2.24. The summed E-state index contributed by atoms with van der Waals surface area (Å²) in [5.74, 6) is 1.42. The Bertz CT molecular complexity index is 673. The van der Waals surface area contributed by atoms with Crippen molar-refractivity contribution in [2.24, 2.45) is 0 Å². The SMILES string of the molecule is Cc1cccnc1NC(=O)CCCOc1ccc(C(C)(C)C)cc1. The number of ether oxygens (including phenoxy) is 1. The van der Waals surface area contributed by atoms with Crippen molar-refractivity contribution in [2.45, 2.75) is 46.0 Å². The summed E-state index contributed by atoms with van der Waals surface area (Å²) in [4.78, 5) is 16.1. The van der Waals surface area contributed by atoms with Gasteiger partial charge in [-0.2, -0.15) is 0 Å². The molecule has 0 spiro atoms. The second-order valence-electron chi connectivity index (χ2n) is 6.94. The van der Waals surface area contributed by atoms with Gasteiger partial charge in [0.25, 0.3) is 0 Å². The molecule has 0 aliphatic heterocycles. The number of benzene rings is 1. The van der Waals surface area contributed by atoms with E-state index in [1.54, 1.807) is 6.20 Å². The third kappa shape index (κ3) is 5.37. The molecular weight excluding hydrogens is 300 g/mol. The molecule has 0 aliphatic carbocycles. The first-order valence-electron chi connectivity index (χ1n) is 8.31. The van der Waals surface area contributed by atoms with E-state index in [4.69, 9.17) is 4.74 Å². The van der Waals surface area contributed by atoms with Crippen molar-refractivity contribution in [3.63, 3.8) is 0 Å². The standard InChI is InChI=1S/C20H26N2O2/c1-15-7-5-13-21-19(15)22-18(23)8-6-14-24-17-11-9-16(10-12-17)20(2,3)4/h5,7,9-13H,6,8,14H2,1-4H3,(H,21,22,23). The van der Waals surface area contributed by atoms with Crippen LogP contribution in [-0.4, -0.2) is 17.5 Å². The average molecular weight is 326 g/mol. The van der Waals surface area contributed by atoms with Crippen molar-refractivity contribution in [1.82, 2.24) is 4.98 Å². The largest absolute Gasteiger partial charge is 0.494 e. The minimum atomic E-state index is -0.0384. The number of carbonyl (C=O) groups excluding carboxylic acids is 1. The maximum Gasteiger partial charge on any atom is 0.225 e. The number of rotatable bonds is 6. The number of amides is 1. The van der Waals surface area contributed by atoms with Gasteiger partial charge in [0.05, 0.1) is 6.61 Å².